The topological polar surface area (TPSA) is 49.4 Å². The molecule has 0 unspecified atom stereocenters. The molecule has 5 heteroatoms. The van der Waals surface area contributed by atoms with Crippen molar-refractivity contribution < 1.29 is 14.0 Å². The van der Waals surface area contributed by atoms with E-state index in [1.165, 1.54) is 23.3 Å². The van der Waals surface area contributed by atoms with Crippen molar-refractivity contribution in [1.82, 2.24) is 4.90 Å². The quantitative estimate of drug-likeness (QED) is 0.372. The molecular weight excluding hydrogens is 451 g/mol. The first kappa shape index (κ1) is 26.5. The number of halogens is 1. The number of unbranched alkanes of at least 4 members (excludes halogenated alkanes) is 1. The third-order valence-corrected chi connectivity index (χ3v) is 8.36. The number of anilines is 1. The van der Waals surface area contributed by atoms with E-state index in [1.807, 2.05) is 19.9 Å². The average Bonchev–Trinajstić information content (AvgIpc) is 2.84. The fourth-order valence-corrected chi connectivity index (χ4v) is 5.80. The molecule has 1 amide bonds. The van der Waals surface area contributed by atoms with Crippen molar-refractivity contribution >= 4 is 17.4 Å². The summed E-state index contributed by atoms with van der Waals surface area (Å²) in [6, 6.07) is 12.8. The van der Waals surface area contributed by atoms with Crippen LogP contribution in [0.5, 0.6) is 0 Å². The number of hydrogen-bond donors (Lipinski definition) is 1. The van der Waals surface area contributed by atoms with E-state index in [9.17, 15) is 14.0 Å². The second-order valence-corrected chi connectivity index (χ2v) is 11.2. The summed E-state index contributed by atoms with van der Waals surface area (Å²) >= 11 is 0. The van der Waals surface area contributed by atoms with Crippen molar-refractivity contribution in [2.75, 3.05) is 25.0 Å². The van der Waals surface area contributed by atoms with Crippen LogP contribution in [-0.2, 0) is 15.0 Å². The summed E-state index contributed by atoms with van der Waals surface area (Å²) in [5.74, 6) is 0.631. The molecule has 2 aliphatic rings. The van der Waals surface area contributed by atoms with E-state index in [0.717, 1.165) is 75.8 Å². The molecule has 2 aromatic carbocycles. The molecule has 0 atom stereocenters. The molecule has 1 heterocycles. The highest BCUT2D eigenvalue weighted by molar-refractivity contribution is 5.92. The van der Waals surface area contributed by atoms with Crippen LogP contribution in [0.4, 0.5) is 10.1 Å². The maximum absolute atomic E-state index is 13.3. The van der Waals surface area contributed by atoms with E-state index in [1.54, 1.807) is 12.1 Å². The number of nitrogens with one attached hydrogen (secondary N) is 1. The number of aryl methyl sites for hydroxylation is 1. The lowest BCUT2D eigenvalue weighted by atomic mass is 9.61. The Morgan fingerprint density at radius 1 is 1.06 bits per heavy atom. The fraction of sp³-hybridized carbons (Fsp3) is 0.548. The molecule has 0 bridgehead atoms. The monoisotopic (exact) mass is 492 g/mol. The number of benzene rings is 2. The SMILES string of the molecule is Cc1ccc(NC(=O)C(C)C)cc1C1CCN(CCCCC(=O)C2(c3ccc(F)cc3)CCC2)CC1. The van der Waals surface area contributed by atoms with E-state index in [2.05, 4.69) is 29.3 Å². The molecule has 0 radical (unpaired) electrons. The second kappa shape index (κ2) is 11.7. The predicted octanol–water partition coefficient (Wildman–Crippen LogP) is 6.77. The van der Waals surface area contributed by atoms with Gasteiger partial charge in [-0.1, -0.05) is 38.5 Å². The number of carbonyl (C=O) groups is 2. The van der Waals surface area contributed by atoms with Gasteiger partial charge in [-0.05, 0) is 112 Å². The molecule has 0 spiro atoms. The molecular formula is C31H41FN2O2. The van der Waals surface area contributed by atoms with E-state index in [-0.39, 0.29) is 23.1 Å². The minimum atomic E-state index is -0.368. The van der Waals surface area contributed by atoms with Gasteiger partial charge in [0, 0.05) is 18.0 Å². The van der Waals surface area contributed by atoms with E-state index < -0.39 is 0 Å². The van der Waals surface area contributed by atoms with Crippen LogP contribution in [0.2, 0.25) is 0 Å². The van der Waals surface area contributed by atoms with Gasteiger partial charge in [0.05, 0.1) is 5.41 Å². The summed E-state index contributed by atoms with van der Waals surface area (Å²) in [6.45, 7) is 9.15. The van der Waals surface area contributed by atoms with Gasteiger partial charge in [-0.25, -0.2) is 4.39 Å². The summed E-state index contributed by atoms with van der Waals surface area (Å²) in [5.41, 5.74) is 4.16. The number of rotatable bonds is 10. The first-order valence-corrected chi connectivity index (χ1v) is 13.7. The molecule has 1 N–H and O–H groups in total. The minimum absolute atomic E-state index is 0.0320. The van der Waals surface area contributed by atoms with Crippen molar-refractivity contribution in [1.29, 1.82) is 0 Å². The van der Waals surface area contributed by atoms with Crippen LogP contribution in [0.25, 0.3) is 0 Å². The van der Waals surface area contributed by atoms with Crippen molar-refractivity contribution in [3.63, 3.8) is 0 Å². The smallest absolute Gasteiger partial charge is 0.226 e. The van der Waals surface area contributed by atoms with Crippen LogP contribution in [0.1, 0.15) is 87.8 Å². The Hall–Kier alpha value is -2.53. The fourth-order valence-electron chi connectivity index (χ4n) is 5.80. The van der Waals surface area contributed by atoms with Gasteiger partial charge in [0.2, 0.25) is 5.91 Å². The van der Waals surface area contributed by atoms with Crippen LogP contribution >= 0.6 is 0 Å². The lowest BCUT2D eigenvalue weighted by Gasteiger charge is -2.41. The highest BCUT2D eigenvalue weighted by Gasteiger charge is 2.44. The third kappa shape index (κ3) is 6.05. The van der Waals surface area contributed by atoms with Crippen LogP contribution < -0.4 is 5.32 Å². The van der Waals surface area contributed by atoms with E-state index in [4.69, 9.17) is 0 Å². The largest absolute Gasteiger partial charge is 0.326 e. The summed E-state index contributed by atoms with van der Waals surface area (Å²) in [6.07, 6.45) is 7.67. The molecule has 194 valence electrons. The van der Waals surface area contributed by atoms with Crippen molar-refractivity contribution in [3.05, 3.63) is 65.0 Å². The Morgan fingerprint density at radius 2 is 1.75 bits per heavy atom. The molecule has 0 aromatic heterocycles. The zero-order chi connectivity index (χ0) is 25.7. The molecule has 4 nitrogen and oxygen atoms in total. The number of piperidine rings is 1. The van der Waals surface area contributed by atoms with Gasteiger partial charge in [-0.15, -0.1) is 0 Å². The molecule has 36 heavy (non-hydrogen) atoms. The normalized spacial score (nSPS) is 18.1. The minimum Gasteiger partial charge on any atom is -0.326 e. The van der Waals surface area contributed by atoms with Gasteiger partial charge in [0.1, 0.15) is 11.6 Å². The Balaban J connectivity index is 1.22. The Labute approximate surface area is 215 Å². The maximum Gasteiger partial charge on any atom is 0.226 e. The lowest BCUT2D eigenvalue weighted by molar-refractivity contribution is -0.127. The Bertz CT molecular complexity index is 1050. The third-order valence-electron chi connectivity index (χ3n) is 8.36. The number of Topliss-reactive ketones (excluding diaryl/α,β-unsaturated/α-hetero) is 1. The van der Waals surface area contributed by atoms with Crippen LogP contribution in [0.3, 0.4) is 0 Å². The van der Waals surface area contributed by atoms with Gasteiger partial charge in [-0.3, -0.25) is 9.59 Å². The van der Waals surface area contributed by atoms with Crippen molar-refractivity contribution in [3.8, 4) is 0 Å². The second-order valence-electron chi connectivity index (χ2n) is 11.2. The first-order valence-electron chi connectivity index (χ1n) is 13.7. The Morgan fingerprint density at radius 3 is 2.36 bits per heavy atom. The maximum atomic E-state index is 13.3. The summed E-state index contributed by atoms with van der Waals surface area (Å²) in [4.78, 5) is 27.7. The van der Waals surface area contributed by atoms with Gasteiger partial charge in [-0.2, -0.15) is 0 Å². The van der Waals surface area contributed by atoms with Gasteiger partial charge < -0.3 is 10.2 Å². The summed E-state index contributed by atoms with van der Waals surface area (Å²) < 4.78 is 13.3. The van der Waals surface area contributed by atoms with Crippen molar-refractivity contribution in [2.24, 2.45) is 5.92 Å². The zero-order valence-corrected chi connectivity index (χ0v) is 22.1. The molecule has 1 saturated carbocycles. The predicted molar refractivity (Wildman–Crippen MR) is 144 cm³/mol. The standard InChI is InChI=1S/C31H41FN2O2/c1-22(2)30(36)33-27-13-8-23(3)28(21-27)24-14-19-34(20-15-24)18-5-4-7-29(35)31(16-6-17-31)25-9-11-26(32)12-10-25/h8-13,21-22,24H,4-7,14-20H2,1-3H3,(H,33,36). The molecule has 1 saturated heterocycles. The summed E-state index contributed by atoms with van der Waals surface area (Å²) in [7, 11) is 0. The zero-order valence-electron chi connectivity index (χ0n) is 22.1. The molecule has 2 fully saturated rings. The molecule has 1 aliphatic carbocycles. The van der Waals surface area contributed by atoms with Gasteiger partial charge in [0.25, 0.3) is 0 Å². The number of amides is 1. The van der Waals surface area contributed by atoms with E-state index >= 15 is 0 Å². The highest BCUT2D eigenvalue weighted by atomic mass is 19.1. The molecule has 4 rings (SSSR count). The van der Waals surface area contributed by atoms with E-state index in [0.29, 0.717) is 18.1 Å². The highest BCUT2D eigenvalue weighted by Crippen LogP contribution is 2.45. The van der Waals surface area contributed by atoms with Gasteiger partial charge >= 0.3 is 0 Å². The van der Waals surface area contributed by atoms with Crippen LogP contribution in [0, 0.1) is 18.7 Å². The number of nitrogens with zero attached hydrogens (tertiary/aromatic N) is 1. The van der Waals surface area contributed by atoms with Crippen molar-refractivity contribution in [2.45, 2.75) is 83.5 Å². The van der Waals surface area contributed by atoms with Crippen LogP contribution in [0.15, 0.2) is 42.5 Å². The molecule has 2 aromatic rings. The first-order chi connectivity index (χ1) is 17.3. The Kier molecular flexibility index (Phi) is 8.61. The number of carbonyl (C=O) groups excluding carboxylic acids is 2. The number of ketones is 1. The number of likely N-dealkylation sites (tertiary alicyclic amines) is 1. The summed E-state index contributed by atoms with van der Waals surface area (Å²) in [5, 5.41) is 3.04. The average molecular weight is 493 g/mol. The lowest BCUT2D eigenvalue weighted by Crippen LogP contribution is -2.42. The van der Waals surface area contributed by atoms with Gasteiger partial charge in [0.15, 0.2) is 0 Å². The number of hydrogen-bond acceptors (Lipinski definition) is 3. The van der Waals surface area contributed by atoms with Crippen LogP contribution in [-0.4, -0.2) is 36.2 Å². The molecule has 1 aliphatic heterocycles.